The fraction of sp³-hybridized carbons (Fsp3) is 0.917. The van der Waals surface area contributed by atoms with Gasteiger partial charge in [-0.25, -0.2) is 8.78 Å². The van der Waals surface area contributed by atoms with Gasteiger partial charge < -0.3 is 4.90 Å². The molecule has 0 aliphatic carbocycles. The Morgan fingerprint density at radius 2 is 1.88 bits per heavy atom. The molecule has 0 N–H and O–H groups in total. The molecule has 2 atom stereocenters. The van der Waals surface area contributed by atoms with Crippen LogP contribution < -0.4 is 0 Å². The highest BCUT2D eigenvalue weighted by Gasteiger charge is 2.39. The topological polar surface area (TPSA) is 20.3 Å². The van der Waals surface area contributed by atoms with E-state index in [1.54, 1.807) is 0 Å². The highest BCUT2D eigenvalue weighted by molar-refractivity contribution is 5.84. The zero-order chi connectivity index (χ0) is 12.9. The molecule has 0 aromatic heterocycles. The maximum absolute atomic E-state index is 13.3. The van der Waals surface area contributed by atoms with Crippen molar-refractivity contribution in [2.24, 2.45) is 5.92 Å². The summed E-state index contributed by atoms with van der Waals surface area (Å²) in [5.41, 5.74) is -1.89. The third kappa shape index (κ3) is 3.72. The zero-order valence-corrected chi connectivity index (χ0v) is 10.9. The monoisotopic (exact) mass is 235 g/mol. The number of hydrogen-bond acceptors (Lipinski definition) is 1. The highest BCUT2D eigenvalue weighted by Crippen LogP contribution is 2.25. The van der Waals surface area contributed by atoms with Crippen molar-refractivity contribution in [3.05, 3.63) is 0 Å². The number of rotatable bonds is 2. The number of carbonyl (C=O) groups is 1. The Morgan fingerprint density at radius 1 is 1.38 bits per heavy atom. The van der Waals surface area contributed by atoms with Crippen molar-refractivity contribution in [2.45, 2.75) is 52.9 Å². The summed E-state index contributed by atoms with van der Waals surface area (Å²) in [7, 11) is 0. The van der Waals surface area contributed by atoms with Crippen molar-refractivity contribution in [1.82, 2.24) is 4.90 Å². The molecule has 0 aromatic rings. The van der Waals surface area contributed by atoms with Gasteiger partial charge in [-0.05, 0) is 20.3 Å². The molecule has 1 aliphatic heterocycles. The summed E-state index contributed by atoms with van der Waals surface area (Å²) in [4.78, 5) is 12.7. The van der Waals surface area contributed by atoms with Crippen LogP contribution in [0.5, 0.6) is 0 Å². The molecule has 1 heterocycles. The summed E-state index contributed by atoms with van der Waals surface area (Å²) in [5, 5.41) is 0. The van der Waals surface area contributed by atoms with Crippen LogP contribution in [0.25, 0.3) is 0 Å². The van der Waals surface area contributed by atoms with Gasteiger partial charge in [0, 0.05) is 12.5 Å². The van der Waals surface area contributed by atoms with Crippen molar-refractivity contribution in [3.8, 4) is 0 Å². The smallest absolute Gasteiger partial charge is 0.259 e. The van der Waals surface area contributed by atoms with Gasteiger partial charge in [0.15, 0.2) is 5.67 Å². The summed E-state index contributed by atoms with van der Waals surface area (Å²) < 4.78 is 26.5. The largest absolute Gasteiger partial charge is 0.337 e. The average molecular weight is 235 g/mol. The van der Waals surface area contributed by atoms with Gasteiger partial charge in [-0.1, -0.05) is 20.8 Å². The Labute approximate surface area is 97.0 Å². The minimum absolute atomic E-state index is 0.0463. The summed E-state index contributed by atoms with van der Waals surface area (Å²) in [5.74, 6) is -0.725. The molecule has 0 saturated carbocycles. The van der Waals surface area contributed by atoms with Crippen molar-refractivity contribution >= 4 is 5.91 Å². The van der Waals surface area contributed by atoms with Crippen LogP contribution in [0.3, 0.4) is 0 Å². The lowest BCUT2D eigenvalue weighted by molar-refractivity contribution is -0.141. The molecule has 1 fully saturated rings. The minimum Gasteiger partial charge on any atom is -0.337 e. The van der Waals surface area contributed by atoms with Crippen LogP contribution >= 0.6 is 0 Å². The van der Waals surface area contributed by atoms with E-state index < -0.39 is 17.7 Å². The van der Waals surface area contributed by atoms with Gasteiger partial charge >= 0.3 is 0 Å². The number of halogens is 2. The minimum atomic E-state index is -1.89. The van der Waals surface area contributed by atoms with E-state index in [2.05, 4.69) is 0 Å². The second-order valence-corrected chi connectivity index (χ2v) is 4.37. The molecule has 2 nitrogen and oxygen atoms in total. The Morgan fingerprint density at radius 3 is 2.19 bits per heavy atom. The number of alkyl halides is 2. The maximum Gasteiger partial charge on any atom is 0.259 e. The molecule has 1 aliphatic rings. The lowest BCUT2D eigenvalue weighted by Crippen LogP contribution is -2.41. The standard InChI is InChI=1S/C10H17F2NO.C2H6/c1-4-7-5-13(6-8(7)11)9(14)10(2,3)12;1-2/h7-8H,4-6H2,1-3H3;1-2H3. The van der Waals surface area contributed by atoms with E-state index in [4.69, 9.17) is 0 Å². The SMILES string of the molecule is CC.CCC1CN(C(=O)C(C)(C)F)CC1F. The van der Waals surface area contributed by atoms with Gasteiger partial charge in [0.1, 0.15) is 6.17 Å². The van der Waals surface area contributed by atoms with E-state index in [9.17, 15) is 13.6 Å². The predicted octanol–water partition coefficient (Wildman–Crippen LogP) is 2.97. The third-order valence-corrected chi connectivity index (χ3v) is 2.68. The molecule has 1 amide bonds. The molecule has 1 saturated heterocycles. The van der Waals surface area contributed by atoms with Crippen LogP contribution in [0, 0.1) is 5.92 Å². The first kappa shape index (κ1) is 15.3. The Balaban J connectivity index is 0.00000106. The van der Waals surface area contributed by atoms with Gasteiger partial charge in [-0.15, -0.1) is 0 Å². The zero-order valence-electron chi connectivity index (χ0n) is 10.9. The second kappa shape index (κ2) is 6.16. The molecule has 0 radical (unpaired) electrons. The third-order valence-electron chi connectivity index (χ3n) is 2.68. The van der Waals surface area contributed by atoms with Gasteiger partial charge in [0.05, 0.1) is 6.54 Å². The van der Waals surface area contributed by atoms with E-state index in [1.165, 1.54) is 18.7 Å². The van der Waals surface area contributed by atoms with Crippen molar-refractivity contribution in [3.63, 3.8) is 0 Å². The number of likely N-dealkylation sites (tertiary alicyclic amines) is 1. The van der Waals surface area contributed by atoms with Gasteiger partial charge in [0.25, 0.3) is 5.91 Å². The molecule has 0 bridgehead atoms. The van der Waals surface area contributed by atoms with E-state index in [0.717, 1.165) is 0 Å². The Hall–Kier alpha value is -0.670. The summed E-state index contributed by atoms with van der Waals surface area (Å²) in [6.45, 7) is 8.70. The van der Waals surface area contributed by atoms with Crippen LogP contribution in [-0.4, -0.2) is 35.7 Å². The van der Waals surface area contributed by atoms with Crippen molar-refractivity contribution in [1.29, 1.82) is 0 Å². The molecule has 0 spiro atoms. The fourth-order valence-electron chi connectivity index (χ4n) is 1.76. The van der Waals surface area contributed by atoms with Gasteiger partial charge in [-0.2, -0.15) is 0 Å². The van der Waals surface area contributed by atoms with E-state index in [-0.39, 0.29) is 12.5 Å². The Kier molecular flexibility index (Phi) is 5.90. The number of nitrogens with zero attached hydrogens (tertiary/aromatic N) is 1. The first-order valence-corrected chi connectivity index (χ1v) is 5.98. The quantitative estimate of drug-likeness (QED) is 0.720. The second-order valence-electron chi connectivity index (χ2n) is 4.37. The summed E-state index contributed by atoms with van der Waals surface area (Å²) in [6, 6.07) is 0. The number of amides is 1. The van der Waals surface area contributed by atoms with Gasteiger partial charge in [0.2, 0.25) is 0 Å². The van der Waals surface area contributed by atoms with E-state index >= 15 is 0 Å². The lowest BCUT2D eigenvalue weighted by atomic mass is 10.1. The van der Waals surface area contributed by atoms with Gasteiger partial charge in [-0.3, -0.25) is 4.79 Å². The molecule has 4 heteroatoms. The lowest BCUT2D eigenvalue weighted by Gasteiger charge is -2.22. The number of carbonyl (C=O) groups excluding carboxylic acids is 1. The van der Waals surface area contributed by atoms with E-state index in [1.807, 2.05) is 20.8 Å². The molecular weight excluding hydrogens is 212 g/mol. The molecule has 0 aromatic carbocycles. The van der Waals surface area contributed by atoms with Crippen molar-refractivity contribution in [2.75, 3.05) is 13.1 Å². The van der Waals surface area contributed by atoms with Crippen molar-refractivity contribution < 1.29 is 13.6 Å². The van der Waals surface area contributed by atoms with Crippen LogP contribution in [0.1, 0.15) is 41.0 Å². The van der Waals surface area contributed by atoms with Crippen LogP contribution in [-0.2, 0) is 4.79 Å². The van der Waals surface area contributed by atoms with Crippen LogP contribution in [0.15, 0.2) is 0 Å². The molecule has 2 unspecified atom stereocenters. The molecule has 1 rings (SSSR count). The van der Waals surface area contributed by atoms with Crippen LogP contribution in [0.4, 0.5) is 8.78 Å². The Bertz CT molecular complexity index is 226. The maximum atomic E-state index is 13.3. The predicted molar refractivity (Wildman–Crippen MR) is 61.8 cm³/mol. The first-order valence-electron chi connectivity index (χ1n) is 5.98. The molecule has 16 heavy (non-hydrogen) atoms. The summed E-state index contributed by atoms with van der Waals surface area (Å²) in [6.07, 6.45) is -0.302. The highest BCUT2D eigenvalue weighted by atomic mass is 19.1. The average Bonchev–Trinajstić information content (AvgIpc) is 2.60. The fourth-order valence-corrected chi connectivity index (χ4v) is 1.76. The normalized spacial score (nSPS) is 25.1. The first-order chi connectivity index (χ1) is 7.36. The summed E-state index contributed by atoms with van der Waals surface area (Å²) >= 11 is 0. The number of hydrogen-bond donors (Lipinski definition) is 0. The van der Waals surface area contributed by atoms with E-state index in [0.29, 0.717) is 13.0 Å². The van der Waals surface area contributed by atoms with Crippen LogP contribution in [0.2, 0.25) is 0 Å². The molecule has 96 valence electrons. The molecular formula is C12H23F2NO.